The Morgan fingerprint density at radius 2 is 1.79 bits per heavy atom. The van der Waals surface area contributed by atoms with E-state index >= 15 is 0 Å². The van der Waals surface area contributed by atoms with Gasteiger partial charge in [-0.2, -0.15) is 0 Å². The SMILES string of the molecule is COCC(=O)Nc1cc(N2C(=S)N[C@H](c3ccccn3)[C@@H]2c2cc(C)n(-c3ccccc3)c2C)ccc1OC. The van der Waals surface area contributed by atoms with Crippen molar-refractivity contribution < 1.29 is 14.3 Å². The molecule has 0 spiro atoms. The molecule has 4 aromatic rings. The van der Waals surface area contributed by atoms with Crippen molar-refractivity contribution in [1.82, 2.24) is 14.9 Å². The number of nitrogens with zero attached hydrogens (tertiary/aromatic N) is 3. The van der Waals surface area contributed by atoms with Crippen molar-refractivity contribution in [1.29, 1.82) is 0 Å². The highest BCUT2D eigenvalue weighted by atomic mass is 32.1. The number of pyridine rings is 1. The molecule has 1 aliphatic rings. The quantitative estimate of drug-likeness (QED) is 0.295. The van der Waals surface area contributed by atoms with E-state index in [0.717, 1.165) is 34.0 Å². The minimum atomic E-state index is -0.274. The summed E-state index contributed by atoms with van der Waals surface area (Å²) in [7, 11) is 3.05. The van der Waals surface area contributed by atoms with E-state index in [1.807, 2.05) is 54.6 Å². The fourth-order valence-electron chi connectivity index (χ4n) is 5.27. The number of amides is 1. The summed E-state index contributed by atoms with van der Waals surface area (Å²) >= 11 is 5.93. The molecule has 39 heavy (non-hydrogen) atoms. The lowest BCUT2D eigenvalue weighted by Gasteiger charge is -2.29. The van der Waals surface area contributed by atoms with E-state index in [1.54, 1.807) is 13.3 Å². The second-order valence-electron chi connectivity index (χ2n) is 9.36. The van der Waals surface area contributed by atoms with E-state index in [1.165, 1.54) is 7.11 Å². The molecule has 2 aromatic heterocycles. The number of ether oxygens (including phenoxy) is 2. The van der Waals surface area contributed by atoms with E-state index in [-0.39, 0.29) is 24.6 Å². The number of aryl methyl sites for hydroxylation is 1. The van der Waals surface area contributed by atoms with Crippen molar-refractivity contribution in [2.24, 2.45) is 0 Å². The van der Waals surface area contributed by atoms with Crippen molar-refractivity contribution >= 4 is 34.6 Å². The first-order chi connectivity index (χ1) is 18.9. The molecule has 2 N–H and O–H groups in total. The van der Waals surface area contributed by atoms with Crippen molar-refractivity contribution in [2.75, 3.05) is 31.0 Å². The number of methoxy groups -OCH3 is 2. The number of carbonyl (C=O) groups is 1. The molecule has 2 atom stereocenters. The van der Waals surface area contributed by atoms with Gasteiger partial charge in [-0.3, -0.25) is 9.78 Å². The fourth-order valence-corrected chi connectivity index (χ4v) is 5.62. The second-order valence-corrected chi connectivity index (χ2v) is 9.75. The summed E-state index contributed by atoms with van der Waals surface area (Å²) in [4.78, 5) is 19.1. The van der Waals surface area contributed by atoms with Gasteiger partial charge in [-0.05, 0) is 80.2 Å². The lowest BCUT2D eigenvalue weighted by Crippen LogP contribution is -2.29. The van der Waals surface area contributed by atoms with Crippen LogP contribution in [0.4, 0.5) is 11.4 Å². The van der Waals surface area contributed by atoms with Gasteiger partial charge in [-0.15, -0.1) is 0 Å². The summed E-state index contributed by atoms with van der Waals surface area (Å²) in [5.41, 5.74) is 6.69. The van der Waals surface area contributed by atoms with Crippen LogP contribution in [0, 0.1) is 13.8 Å². The third kappa shape index (κ3) is 5.10. The predicted octanol–water partition coefficient (Wildman–Crippen LogP) is 5.26. The van der Waals surface area contributed by atoms with Crippen molar-refractivity contribution in [2.45, 2.75) is 25.9 Å². The van der Waals surface area contributed by atoms with Crippen LogP contribution in [0.3, 0.4) is 0 Å². The first kappa shape index (κ1) is 26.4. The molecule has 9 heteroatoms. The molecule has 3 heterocycles. The summed E-state index contributed by atoms with van der Waals surface area (Å²) in [6.45, 7) is 4.18. The van der Waals surface area contributed by atoms with Gasteiger partial charge >= 0.3 is 0 Å². The molecular weight excluding hydrogens is 510 g/mol. The minimum absolute atomic E-state index is 0.0626. The number of para-hydroxylation sites is 1. The lowest BCUT2D eigenvalue weighted by molar-refractivity contribution is -0.119. The Kier molecular flexibility index (Phi) is 7.63. The fraction of sp³-hybridized carbons (Fsp3) is 0.233. The van der Waals surface area contributed by atoms with E-state index in [9.17, 15) is 4.79 Å². The third-order valence-corrected chi connectivity index (χ3v) is 7.23. The number of benzene rings is 2. The molecule has 1 aliphatic heterocycles. The number of anilines is 2. The number of rotatable bonds is 8. The highest BCUT2D eigenvalue weighted by Crippen LogP contribution is 2.45. The van der Waals surface area contributed by atoms with Gasteiger partial charge in [-0.1, -0.05) is 24.3 Å². The summed E-state index contributed by atoms with van der Waals surface area (Å²) in [5, 5.41) is 6.98. The van der Waals surface area contributed by atoms with Gasteiger partial charge in [-0.25, -0.2) is 0 Å². The second kappa shape index (κ2) is 11.3. The van der Waals surface area contributed by atoms with Crippen LogP contribution in [-0.2, 0) is 9.53 Å². The van der Waals surface area contributed by atoms with Crippen LogP contribution in [0.25, 0.3) is 5.69 Å². The van der Waals surface area contributed by atoms with Crippen LogP contribution < -0.4 is 20.3 Å². The molecule has 8 nitrogen and oxygen atoms in total. The highest BCUT2D eigenvalue weighted by Gasteiger charge is 2.42. The molecule has 0 bridgehead atoms. The Balaban J connectivity index is 1.64. The largest absolute Gasteiger partial charge is 0.495 e. The monoisotopic (exact) mass is 541 g/mol. The normalized spacial score (nSPS) is 16.7. The number of carbonyl (C=O) groups excluding carboxylic acids is 1. The lowest BCUT2D eigenvalue weighted by atomic mass is 9.96. The first-order valence-corrected chi connectivity index (χ1v) is 13.1. The average Bonchev–Trinajstić information content (AvgIpc) is 3.44. The van der Waals surface area contributed by atoms with Crippen LogP contribution in [0.15, 0.2) is 79.0 Å². The summed E-state index contributed by atoms with van der Waals surface area (Å²) in [6.07, 6.45) is 1.80. The standard InChI is InChI=1S/C30H31N5O3S/c1-19-16-23(20(2)34(19)21-10-6-5-7-11-21)29-28(24-12-8-9-15-31-24)33-30(39)35(29)22-13-14-26(38-4)25(17-22)32-27(36)18-37-3/h5-17,28-29H,18H2,1-4H3,(H,32,36)(H,33,39)/t28-,29+/m1/s1. The zero-order valence-electron chi connectivity index (χ0n) is 22.3. The van der Waals surface area contributed by atoms with E-state index in [4.69, 9.17) is 21.7 Å². The Morgan fingerprint density at radius 1 is 1.03 bits per heavy atom. The van der Waals surface area contributed by atoms with Gasteiger partial charge in [0.1, 0.15) is 12.4 Å². The minimum Gasteiger partial charge on any atom is -0.495 e. The van der Waals surface area contributed by atoms with Crippen LogP contribution in [-0.4, -0.2) is 41.4 Å². The molecule has 2 aromatic carbocycles. The van der Waals surface area contributed by atoms with E-state index in [0.29, 0.717) is 16.5 Å². The zero-order chi connectivity index (χ0) is 27.5. The maximum Gasteiger partial charge on any atom is 0.250 e. The Bertz CT molecular complexity index is 1490. The van der Waals surface area contributed by atoms with Crippen molar-refractivity contribution in [3.05, 3.63) is 102 Å². The number of hydrogen-bond acceptors (Lipinski definition) is 5. The van der Waals surface area contributed by atoms with Crippen molar-refractivity contribution in [3.8, 4) is 11.4 Å². The maximum absolute atomic E-state index is 12.4. The van der Waals surface area contributed by atoms with Gasteiger partial charge in [0.2, 0.25) is 5.91 Å². The molecule has 1 amide bonds. The van der Waals surface area contributed by atoms with Crippen LogP contribution in [0.5, 0.6) is 5.75 Å². The van der Waals surface area contributed by atoms with Gasteiger partial charge in [0.05, 0.1) is 30.6 Å². The van der Waals surface area contributed by atoms with Gasteiger partial charge in [0.15, 0.2) is 5.11 Å². The summed E-state index contributed by atoms with van der Waals surface area (Å²) in [6, 6.07) is 23.7. The number of nitrogens with one attached hydrogen (secondary N) is 2. The van der Waals surface area contributed by atoms with E-state index in [2.05, 4.69) is 57.1 Å². The van der Waals surface area contributed by atoms with Crippen molar-refractivity contribution in [3.63, 3.8) is 0 Å². The molecule has 1 fully saturated rings. The van der Waals surface area contributed by atoms with Crippen LogP contribution in [0.1, 0.15) is 34.7 Å². The highest BCUT2D eigenvalue weighted by molar-refractivity contribution is 7.80. The van der Waals surface area contributed by atoms with Gasteiger partial charge in [0.25, 0.3) is 0 Å². The molecule has 0 radical (unpaired) electrons. The predicted molar refractivity (Wildman–Crippen MR) is 157 cm³/mol. The zero-order valence-corrected chi connectivity index (χ0v) is 23.2. The molecule has 0 unspecified atom stereocenters. The molecule has 200 valence electrons. The smallest absolute Gasteiger partial charge is 0.250 e. The number of aromatic nitrogens is 2. The van der Waals surface area contributed by atoms with Gasteiger partial charge < -0.3 is 29.6 Å². The molecule has 1 saturated heterocycles. The third-order valence-electron chi connectivity index (χ3n) is 6.91. The summed E-state index contributed by atoms with van der Waals surface area (Å²) in [5.74, 6) is 0.269. The number of thiocarbonyl (C=S) groups is 1. The maximum atomic E-state index is 12.4. The van der Waals surface area contributed by atoms with Crippen LogP contribution in [0.2, 0.25) is 0 Å². The van der Waals surface area contributed by atoms with Gasteiger partial charge in [0, 0.05) is 36.1 Å². The average molecular weight is 542 g/mol. The molecule has 0 saturated carbocycles. The number of hydrogen-bond donors (Lipinski definition) is 2. The first-order valence-electron chi connectivity index (χ1n) is 12.6. The van der Waals surface area contributed by atoms with E-state index < -0.39 is 0 Å². The Labute approximate surface area is 233 Å². The topological polar surface area (TPSA) is 80.7 Å². The van der Waals surface area contributed by atoms with Crippen LogP contribution >= 0.6 is 12.2 Å². The summed E-state index contributed by atoms with van der Waals surface area (Å²) < 4.78 is 12.8. The Morgan fingerprint density at radius 3 is 2.49 bits per heavy atom. The molecular formula is C30H31N5O3S. The molecule has 0 aliphatic carbocycles. The Hall–Kier alpha value is -4.21. The molecule has 5 rings (SSSR count).